The van der Waals surface area contributed by atoms with E-state index >= 15 is 0 Å². The molecule has 0 radical (unpaired) electrons. The number of nitriles is 1. The van der Waals surface area contributed by atoms with Crippen molar-refractivity contribution in [3.8, 4) is 6.07 Å². The zero-order chi connectivity index (χ0) is 11.0. The van der Waals surface area contributed by atoms with Gasteiger partial charge in [0.15, 0.2) is 5.69 Å². The largest absolute Gasteiger partial charge is 0.477 e. The molecule has 0 aliphatic carbocycles. The minimum atomic E-state index is -1.06. The topological polar surface area (TPSA) is 78.4 Å². The first kappa shape index (κ1) is 9.21. The van der Waals surface area contributed by atoms with Crippen LogP contribution in [-0.4, -0.2) is 20.5 Å². The summed E-state index contributed by atoms with van der Waals surface area (Å²) in [4.78, 5) is 14.8. The van der Waals surface area contributed by atoms with Crippen LogP contribution in [0.3, 0.4) is 0 Å². The molecule has 0 aromatic carbocycles. The van der Waals surface area contributed by atoms with E-state index in [9.17, 15) is 4.79 Å². The molecule has 0 saturated carbocycles. The molecule has 0 spiro atoms. The van der Waals surface area contributed by atoms with Gasteiger partial charge in [-0.25, -0.2) is 9.78 Å². The highest BCUT2D eigenvalue weighted by molar-refractivity contribution is 5.86. The van der Waals surface area contributed by atoms with Crippen molar-refractivity contribution in [3.05, 3.63) is 35.3 Å². The number of carboxylic acid groups (broad SMARTS) is 1. The zero-order valence-corrected chi connectivity index (χ0v) is 7.93. The maximum absolute atomic E-state index is 10.8. The molecule has 5 heteroatoms. The summed E-state index contributed by atoms with van der Waals surface area (Å²) in [5.41, 5.74) is 1.82. The molecular formula is C10H7N3O2. The maximum atomic E-state index is 10.8. The second kappa shape index (κ2) is 3.10. The van der Waals surface area contributed by atoms with Crippen LogP contribution in [0.15, 0.2) is 18.5 Å². The Hall–Kier alpha value is -2.35. The molecule has 2 aromatic heterocycles. The second-order valence-corrected chi connectivity index (χ2v) is 3.17. The number of aromatic nitrogens is 2. The lowest BCUT2D eigenvalue weighted by Crippen LogP contribution is -2.02. The van der Waals surface area contributed by atoms with Crippen LogP contribution in [0.5, 0.6) is 0 Å². The fourth-order valence-corrected chi connectivity index (χ4v) is 1.48. The molecule has 0 fully saturated rings. The van der Waals surface area contributed by atoms with E-state index in [1.54, 1.807) is 13.0 Å². The van der Waals surface area contributed by atoms with Gasteiger partial charge < -0.3 is 5.11 Å². The molecule has 5 nitrogen and oxygen atoms in total. The van der Waals surface area contributed by atoms with Crippen LogP contribution in [0, 0.1) is 18.3 Å². The number of hydrogen-bond donors (Lipinski definition) is 1. The van der Waals surface area contributed by atoms with Gasteiger partial charge in [-0.3, -0.25) is 4.40 Å². The number of aryl methyl sites for hydroxylation is 1. The van der Waals surface area contributed by atoms with E-state index in [1.165, 1.54) is 16.8 Å². The Labute approximate surface area is 85.2 Å². The smallest absolute Gasteiger partial charge is 0.354 e. The van der Waals surface area contributed by atoms with E-state index < -0.39 is 5.97 Å². The minimum Gasteiger partial charge on any atom is -0.477 e. The molecule has 0 bridgehead atoms. The summed E-state index contributed by atoms with van der Waals surface area (Å²) in [7, 11) is 0. The summed E-state index contributed by atoms with van der Waals surface area (Å²) in [6, 6.07) is 3.65. The summed E-state index contributed by atoms with van der Waals surface area (Å²) >= 11 is 0. The van der Waals surface area contributed by atoms with Crippen molar-refractivity contribution in [2.24, 2.45) is 0 Å². The number of pyridine rings is 1. The van der Waals surface area contributed by atoms with Crippen molar-refractivity contribution < 1.29 is 9.90 Å². The van der Waals surface area contributed by atoms with Crippen molar-refractivity contribution in [2.75, 3.05) is 0 Å². The SMILES string of the molecule is Cc1cc(C#N)cn2c(C(=O)O)cnc12. The Morgan fingerprint density at radius 1 is 1.67 bits per heavy atom. The van der Waals surface area contributed by atoms with Gasteiger partial charge in [0.25, 0.3) is 0 Å². The van der Waals surface area contributed by atoms with E-state index in [4.69, 9.17) is 10.4 Å². The Morgan fingerprint density at radius 2 is 2.40 bits per heavy atom. The van der Waals surface area contributed by atoms with E-state index in [-0.39, 0.29) is 5.69 Å². The third-order valence-electron chi connectivity index (χ3n) is 2.14. The molecule has 0 unspecified atom stereocenters. The van der Waals surface area contributed by atoms with Gasteiger partial charge in [0.2, 0.25) is 0 Å². The van der Waals surface area contributed by atoms with E-state index in [1.807, 2.05) is 6.07 Å². The van der Waals surface area contributed by atoms with Crippen LogP contribution < -0.4 is 0 Å². The number of hydrogen-bond acceptors (Lipinski definition) is 3. The van der Waals surface area contributed by atoms with Crippen LogP contribution in [-0.2, 0) is 0 Å². The molecule has 0 atom stereocenters. The van der Waals surface area contributed by atoms with Gasteiger partial charge in [0.1, 0.15) is 11.7 Å². The number of nitrogens with zero attached hydrogens (tertiary/aromatic N) is 3. The second-order valence-electron chi connectivity index (χ2n) is 3.17. The summed E-state index contributed by atoms with van der Waals surface area (Å²) in [6.45, 7) is 1.79. The molecule has 2 rings (SSSR count). The van der Waals surface area contributed by atoms with Crippen molar-refractivity contribution in [1.82, 2.24) is 9.38 Å². The molecule has 2 aromatic rings. The van der Waals surface area contributed by atoms with Gasteiger partial charge in [0, 0.05) is 6.20 Å². The van der Waals surface area contributed by atoms with Gasteiger partial charge in [-0.05, 0) is 18.6 Å². The molecule has 1 N–H and O–H groups in total. The summed E-state index contributed by atoms with van der Waals surface area (Å²) < 4.78 is 1.41. The first-order chi connectivity index (χ1) is 7.13. The van der Waals surface area contributed by atoms with E-state index in [0.717, 1.165) is 5.56 Å². The molecule has 0 amide bonds. The fourth-order valence-electron chi connectivity index (χ4n) is 1.48. The molecular weight excluding hydrogens is 194 g/mol. The maximum Gasteiger partial charge on any atom is 0.354 e. The van der Waals surface area contributed by atoms with Crippen molar-refractivity contribution in [2.45, 2.75) is 6.92 Å². The predicted molar refractivity (Wildman–Crippen MR) is 51.6 cm³/mol. The number of rotatable bonds is 1. The predicted octanol–water partition coefficient (Wildman–Crippen LogP) is 1.21. The first-order valence-electron chi connectivity index (χ1n) is 4.24. The molecule has 15 heavy (non-hydrogen) atoms. The van der Waals surface area contributed by atoms with E-state index in [2.05, 4.69) is 4.98 Å². The average Bonchev–Trinajstić information content (AvgIpc) is 2.61. The third kappa shape index (κ3) is 1.32. The average molecular weight is 201 g/mol. The highest BCUT2D eigenvalue weighted by Crippen LogP contribution is 2.13. The minimum absolute atomic E-state index is 0.0604. The summed E-state index contributed by atoms with van der Waals surface area (Å²) in [5, 5.41) is 17.6. The van der Waals surface area contributed by atoms with Gasteiger partial charge in [-0.1, -0.05) is 0 Å². The Bertz CT molecular complexity index is 592. The van der Waals surface area contributed by atoms with Crippen molar-refractivity contribution in [3.63, 3.8) is 0 Å². The first-order valence-corrected chi connectivity index (χ1v) is 4.24. The van der Waals surface area contributed by atoms with Gasteiger partial charge in [0.05, 0.1) is 11.8 Å². The number of carbonyl (C=O) groups is 1. The quantitative estimate of drug-likeness (QED) is 0.752. The van der Waals surface area contributed by atoms with Crippen LogP contribution in [0.25, 0.3) is 5.65 Å². The highest BCUT2D eigenvalue weighted by Gasteiger charge is 2.12. The normalized spacial score (nSPS) is 10.1. The molecule has 0 aliphatic rings. The molecule has 0 aliphatic heterocycles. The number of imidazole rings is 1. The fraction of sp³-hybridized carbons (Fsp3) is 0.100. The lowest BCUT2D eigenvalue weighted by Gasteiger charge is -2.00. The standard InChI is InChI=1S/C10H7N3O2/c1-6-2-7(3-11)5-13-8(10(14)15)4-12-9(6)13/h2,4-5H,1H3,(H,14,15). The Kier molecular flexibility index (Phi) is 1.90. The molecule has 0 saturated heterocycles. The summed E-state index contributed by atoms with van der Waals surface area (Å²) in [5.74, 6) is -1.06. The van der Waals surface area contributed by atoms with E-state index in [0.29, 0.717) is 11.2 Å². The van der Waals surface area contributed by atoms with Gasteiger partial charge in [-0.2, -0.15) is 5.26 Å². The molecule has 74 valence electrons. The number of fused-ring (bicyclic) bond motifs is 1. The monoisotopic (exact) mass is 201 g/mol. The Morgan fingerprint density at radius 3 is 3.00 bits per heavy atom. The molecule has 2 heterocycles. The Balaban J connectivity index is 2.85. The van der Waals surface area contributed by atoms with Crippen LogP contribution in [0.1, 0.15) is 21.6 Å². The van der Waals surface area contributed by atoms with Crippen molar-refractivity contribution in [1.29, 1.82) is 5.26 Å². The summed E-state index contributed by atoms with van der Waals surface area (Å²) in [6.07, 6.45) is 2.75. The lowest BCUT2D eigenvalue weighted by atomic mass is 10.2. The third-order valence-corrected chi connectivity index (χ3v) is 2.14. The number of aromatic carboxylic acids is 1. The van der Waals surface area contributed by atoms with Gasteiger partial charge >= 0.3 is 5.97 Å². The lowest BCUT2D eigenvalue weighted by molar-refractivity contribution is 0.0689. The zero-order valence-electron chi connectivity index (χ0n) is 7.93. The van der Waals surface area contributed by atoms with Gasteiger partial charge in [-0.15, -0.1) is 0 Å². The highest BCUT2D eigenvalue weighted by atomic mass is 16.4. The van der Waals surface area contributed by atoms with Crippen LogP contribution in [0.4, 0.5) is 0 Å². The number of carboxylic acids is 1. The van der Waals surface area contributed by atoms with Crippen LogP contribution in [0.2, 0.25) is 0 Å². The van der Waals surface area contributed by atoms with Crippen LogP contribution >= 0.6 is 0 Å². The van der Waals surface area contributed by atoms with Crippen molar-refractivity contribution >= 4 is 11.6 Å².